The van der Waals surface area contributed by atoms with Crippen LogP contribution in [0, 0.1) is 0 Å². The number of hydrogen-bond acceptors (Lipinski definition) is 4. The number of benzene rings is 1. The largest absolute Gasteiger partial charge is 0.332 e. The van der Waals surface area contributed by atoms with Gasteiger partial charge in [-0.05, 0) is 0 Å². The summed E-state index contributed by atoms with van der Waals surface area (Å²) in [5.74, 6) is 0.845. The van der Waals surface area contributed by atoms with E-state index < -0.39 is 0 Å². The van der Waals surface area contributed by atoms with Crippen LogP contribution in [-0.2, 0) is 0 Å². The van der Waals surface area contributed by atoms with E-state index in [0.717, 1.165) is 5.56 Å². The Bertz CT molecular complexity index is 632. The van der Waals surface area contributed by atoms with E-state index in [1.54, 1.807) is 0 Å². The Morgan fingerprint density at radius 3 is 2.71 bits per heavy atom. The maximum absolute atomic E-state index is 5.91. The lowest BCUT2D eigenvalue weighted by Crippen LogP contribution is -1.81. The maximum Gasteiger partial charge on any atom is 0.277 e. The van der Waals surface area contributed by atoms with Crippen LogP contribution in [0.3, 0.4) is 0 Å². The summed E-state index contributed by atoms with van der Waals surface area (Å²) in [6.07, 6.45) is 1.49. The van der Waals surface area contributed by atoms with Gasteiger partial charge in [0.05, 0.1) is 11.2 Å². The standard InChI is InChI=1S/C11H7ClN4O/c12-8-6-13-15-9(8)11-14-10(16-17-11)7-4-2-1-3-5-7/h1-6H,(H,13,15). The molecule has 0 aliphatic carbocycles. The fraction of sp³-hybridized carbons (Fsp3) is 0. The summed E-state index contributed by atoms with van der Waals surface area (Å²) in [5.41, 5.74) is 1.42. The molecule has 0 aliphatic rings. The number of nitrogens with one attached hydrogen (secondary N) is 1. The molecule has 0 fully saturated rings. The maximum atomic E-state index is 5.91. The van der Waals surface area contributed by atoms with E-state index in [2.05, 4.69) is 20.3 Å². The van der Waals surface area contributed by atoms with Crippen LogP contribution >= 0.6 is 11.6 Å². The lowest BCUT2D eigenvalue weighted by Gasteiger charge is -1.90. The molecule has 1 aromatic carbocycles. The highest BCUT2D eigenvalue weighted by Crippen LogP contribution is 2.25. The van der Waals surface area contributed by atoms with Crippen LogP contribution in [-0.4, -0.2) is 20.3 Å². The average molecular weight is 247 g/mol. The number of nitrogens with zero attached hydrogens (tertiary/aromatic N) is 3. The Labute approximate surface area is 101 Å². The van der Waals surface area contributed by atoms with E-state index in [9.17, 15) is 0 Å². The Morgan fingerprint density at radius 1 is 1.18 bits per heavy atom. The lowest BCUT2D eigenvalue weighted by molar-refractivity contribution is 0.431. The van der Waals surface area contributed by atoms with E-state index in [0.29, 0.717) is 22.4 Å². The van der Waals surface area contributed by atoms with Crippen molar-refractivity contribution >= 4 is 11.6 Å². The van der Waals surface area contributed by atoms with E-state index in [-0.39, 0.29) is 0 Å². The van der Waals surface area contributed by atoms with Crippen LogP contribution < -0.4 is 0 Å². The highest BCUT2D eigenvalue weighted by molar-refractivity contribution is 6.32. The second-order valence-electron chi connectivity index (χ2n) is 3.38. The minimum atomic E-state index is 0.325. The van der Waals surface area contributed by atoms with Gasteiger partial charge < -0.3 is 4.52 Å². The topological polar surface area (TPSA) is 67.6 Å². The van der Waals surface area contributed by atoms with Crippen molar-refractivity contribution in [3.05, 3.63) is 41.6 Å². The van der Waals surface area contributed by atoms with Gasteiger partial charge >= 0.3 is 0 Å². The summed E-state index contributed by atoms with van der Waals surface area (Å²) in [4.78, 5) is 4.25. The molecule has 2 heterocycles. The Morgan fingerprint density at radius 2 is 2.00 bits per heavy atom. The number of hydrogen-bond donors (Lipinski definition) is 1. The highest BCUT2D eigenvalue weighted by Gasteiger charge is 2.14. The third kappa shape index (κ3) is 1.81. The molecule has 3 aromatic rings. The molecule has 84 valence electrons. The van der Waals surface area contributed by atoms with Gasteiger partial charge in [0.2, 0.25) is 5.82 Å². The molecule has 2 aromatic heterocycles. The van der Waals surface area contributed by atoms with Gasteiger partial charge in [0.15, 0.2) is 0 Å². The second kappa shape index (κ2) is 4.03. The van der Waals surface area contributed by atoms with E-state index in [1.807, 2.05) is 30.3 Å². The van der Waals surface area contributed by atoms with Gasteiger partial charge in [0, 0.05) is 5.56 Å². The third-order valence-corrected chi connectivity index (χ3v) is 2.55. The van der Waals surface area contributed by atoms with Gasteiger partial charge in [-0.2, -0.15) is 10.1 Å². The Balaban J connectivity index is 2.02. The molecule has 3 rings (SSSR count). The molecule has 1 N–H and O–H groups in total. The van der Waals surface area contributed by atoms with Crippen molar-refractivity contribution in [3.8, 4) is 23.0 Å². The monoisotopic (exact) mass is 246 g/mol. The van der Waals surface area contributed by atoms with Gasteiger partial charge in [-0.15, -0.1) is 0 Å². The molecule has 6 heteroatoms. The zero-order chi connectivity index (χ0) is 11.7. The van der Waals surface area contributed by atoms with Crippen molar-refractivity contribution in [1.82, 2.24) is 20.3 Å². The number of aromatic nitrogens is 4. The van der Waals surface area contributed by atoms with Crippen molar-refractivity contribution in [2.45, 2.75) is 0 Å². The minimum absolute atomic E-state index is 0.325. The van der Waals surface area contributed by atoms with E-state index in [4.69, 9.17) is 16.1 Å². The Kier molecular flexibility index (Phi) is 2.38. The first-order valence-corrected chi connectivity index (χ1v) is 5.31. The van der Waals surface area contributed by atoms with Crippen LogP contribution in [0.25, 0.3) is 23.0 Å². The molecule has 0 atom stereocenters. The summed E-state index contributed by atoms with van der Waals surface area (Å²) in [7, 11) is 0. The third-order valence-electron chi connectivity index (χ3n) is 2.26. The van der Waals surface area contributed by atoms with Gasteiger partial charge in [0.1, 0.15) is 5.69 Å². The number of H-pyrrole nitrogens is 1. The van der Waals surface area contributed by atoms with Crippen LogP contribution in [0.15, 0.2) is 41.1 Å². The van der Waals surface area contributed by atoms with Gasteiger partial charge in [-0.3, -0.25) is 5.10 Å². The van der Waals surface area contributed by atoms with Gasteiger partial charge in [0.25, 0.3) is 5.89 Å². The molecule has 0 spiro atoms. The molecule has 0 amide bonds. The quantitative estimate of drug-likeness (QED) is 0.755. The van der Waals surface area contributed by atoms with Crippen molar-refractivity contribution in [3.63, 3.8) is 0 Å². The lowest BCUT2D eigenvalue weighted by atomic mass is 10.2. The van der Waals surface area contributed by atoms with Crippen LogP contribution in [0.1, 0.15) is 0 Å². The molecule has 0 radical (unpaired) electrons. The molecule has 0 saturated carbocycles. The molecular formula is C11H7ClN4O. The fourth-order valence-corrected chi connectivity index (χ4v) is 1.62. The minimum Gasteiger partial charge on any atom is -0.332 e. The summed E-state index contributed by atoms with van der Waals surface area (Å²) < 4.78 is 5.13. The second-order valence-corrected chi connectivity index (χ2v) is 3.79. The van der Waals surface area contributed by atoms with Crippen LogP contribution in [0.5, 0.6) is 0 Å². The smallest absolute Gasteiger partial charge is 0.277 e. The van der Waals surface area contributed by atoms with Crippen molar-refractivity contribution < 1.29 is 4.52 Å². The molecular weight excluding hydrogens is 240 g/mol. The molecule has 5 nitrogen and oxygen atoms in total. The first kappa shape index (κ1) is 10.0. The summed E-state index contributed by atoms with van der Waals surface area (Å²) in [6, 6.07) is 9.56. The predicted molar refractivity (Wildman–Crippen MR) is 62.3 cm³/mol. The van der Waals surface area contributed by atoms with E-state index >= 15 is 0 Å². The molecule has 0 bridgehead atoms. The summed E-state index contributed by atoms with van der Waals surface area (Å²) in [5, 5.41) is 10.8. The average Bonchev–Trinajstić information content (AvgIpc) is 2.98. The normalized spacial score (nSPS) is 10.6. The highest BCUT2D eigenvalue weighted by atomic mass is 35.5. The first-order chi connectivity index (χ1) is 8.34. The molecule has 0 saturated heterocycles. The van der Waals surface area contributed by atoms with Crippen molar-refractivity contribution in [1.29, 1.82) is 0 Å². The summed E-state index contributed by atoms with van der Waals surface area (Å²) >= 11 is 5.91. The number of rotatable bonds is 2. The fourth-order valence-electron chi connectivity index (χ4n) is 1.45. The predicted octanol–water partition coefficient (Wildman–Crippen LogP) is 2.78. The zero-order valence-corrected chi connectivity index (χ0v) is 9.35. The molecule has 17 heavy (non-hydrogen) atoms. The van der Waals surface area contributed by atoms with Gasteiger partial charge in [-0.1, -0.05) is 47.1 Å². The molecule has 0 unspecified atom stereocenters. The van der Waals surface area contributed by atoms with Crippen molar-refractivity contribution in [2.24, 2.45) is 0 Å². The number of halogens is 1. The summed E-state index contributed by atoms with van der Waals surface area (Å²) in [6.45, 7) is 0. The van der Waals surface area contributed by atoms with Crippen LogP contribution in [0.2, 0.25) is 5.02 Å². The first-order valence-electron chi connectivity index (χ1n) is 4.93. The van der Waals surface area contributed by atoms with Gasteiger partial charge in [-0.25, -0.2) is 0 Å². The SMILES string of the molecule is Clc1cn[nH]c1-c1nc(-c2ccccc2)no1. The zero-order valence-electron chi connectivity index (χ0n) is 8.59. The Hall–Kier alpha value is -2.14. The number of aromatic amines is 1. The van der Waals surface area contributed by atoms with Crippen molar-refractivity contribution in [2.75, 3.05) is 0 Å². The van der Waals surface area contributed by atoms with E-state index in [1.165, 1.54) is 6.20 Å². The van der Waals surface area contributed by atoms with Crippen LogP contribution in [0.4, 0.5) is 0 Å². The molecule has 0 aliphatic heterocycles.